The molecule has 5 nitrogen and oxygen atoms in total. The lowest BCUT2D eigenvalue weighted by atomic mass is 10.1. The van der Waals surface area contributed by atoms with Crippen LogP contribution in [0.1, 0.15) is 25.8 Å². The van der Waals surface area contributed by atoms with Crippen LogP contribution < -0.4 is 10.1 Å². The van der Waals surface area contributed by atoms with Crippen LogP contribution in [0.25, 0.3) is 6.08 Å². The van der Waals surface area contributed by atoms with E-state index in [4.69, 9.17) is 4.74 Å². The number of benzene rings is 2. The molecule has 0 spiro atoms. The highest BCUT2D eigenvalue weighted by Crippen LogP contribution is 2.18. The predicted molar refractivity (Wildman–Crippen MR) is 97.1 cm³/mol. The molecule has 0 saturated carbocycles. The number of anilines is 1. The summed E-state index contributed by atoms with van der Waals surface area (Å²) in [6, 6.07) is 15.2. The summed E-state index contributed by atoms with van der Waals surface area (Å²) in [6.45, 7) is 4.04. The number of carbonyl (C=O) groups excluding carboxylic acids is 1. The van der Waals surface area contributed by atoms with Gasteiger partial charge in [0.25, 0.3) is 5.91 Å². The quantitative estimate of drug-likeness (QED) is 0.472. The van der Waals surface area contributed by atoms with E-state index in [0.29, 0.717) is 5.69 Å². The molecule has 2 aromatic carbocycles. The minimum absolute atomic E-state index is 0.0105. The van der Waals surface area contributed by atoms with Crippen molar-refractivity contribution < 1.29 is 14.6 Å². The second kappa shape index (κ2) is 8.55. The number of nitrogens with one attached hydrogen (secondary N) is 1. The van der Waals surface area contributed by atoms with E-state index in [1.807, 2.05) is 32.0 Å². The number of nitriles is 1. The number of ether oxygens (including phenoxy) is 1. The van der Waals surface area contributed by atoms with Gasteiger partial charge in [0.15, 0.2) is 0 Å². The molecular weight excluding hydrogens is 316 g/mol. The maximum Gasteiger partial charge on any atom is 0.266 e. The lowest BCUT2D eigenvalue weighted by Gasteiger charge is -2.12. The van der Waals surface area contributed by atoms with Gasteiger partial charge in [0, 0.05) is 5.69 Å². The van der Waals surface area contributed by atoms with Crippen LogP contribution in [-0.4, -0.2) is 17.1 Å². The number of rotatable bonds is 6. The molecule has 2 rings (SSSR count). The van der Waals surface area contributed by atoms with Crippen LogP contribution in [0.2, 0.25) is 0 Å². The number of amides is 1. The zero-order valence-electron chi connectivity index (χ0n) is 14.2. The van der Waals surface area contributed by atoms with Gasteiger partial charge in [0.1, 0.15) is 23.1 Å². The maximum absolute atomic E-state index is 12.2. The molecule has 0 heterocycles. The van der Waals surface area contributed by atoms with E-state index in [-0.39, 0.29) is 17.4 Å². The molecule has 0 fully saturated rings. The van der Waals surface area contributed by atoms with Crippen molar-refractivity contribution in [2.75, 3.05) is 5.32 Å². The van der Waals surface area contributed by atoms with Gasteiger partial charge in [-0.25, -0.2) is 0 Å². The number of nitrogens with zero attached hydrogens (tertiary/aromatic N) is 1. The molecule has 0 aliphatic carbocycles. The molecule has 2 aromatic rings. The van der Waals surface area contributed by atoms with Crippen molar-refractivity contribution in [3.8, 4) is 17.6 Å². The molecule has 0 saturated heterocycles. The van der Waals surface area contributed by atoms with Crippen LogP contribution in [0.3, 0.4) is 0 Å². The number of phenolic OH excluding ortho intramolecular Hbond substituents is 1. The monoisotopic (exact) mass is 336 g/mol. The largest absolute Gasteiger partial charge is 0.508 e. The first kappa shape index (κ1) is 18.1. The average molecular weight is 336 g/mol. The third-order valence-electron chi connectivity index (χ3n) is 3.59. The molecule has 0 aliphatic heterocycles. The number of carbonyl (C=O) groups is 1. The van der Waals surface area contributed by atoms with Crippen molar-refractivity contribution in [3.63, 3.8) is 0 Å². The van der Waals surface area contributed by atoms with Crippen molar-refractivity contribution >= 4 is 17.7 Å². The first-order valence-electron chi connectivity index (χ1n) is 8.00. The minimum atomic E-state index is -0.506. The zero-order chi connectivity index (χ0) is 18.2. The molecule has 0 radical (unpaired) electrons. The van der Waals surface area contributed by atoms with E-state index >= 15 is 0 Å². The van der Waals surface area contributed by atoms with Crippen LogP contribution >= 0.6 is 0 Å². The number of phenols is 1. The maximum atomic E-state index is 12.2. The van der Waals surface area contributed by atoms with Gasteiger partial charge < -0.3 is 15.2 Å². The molecule has 128 valence electrons. The lowest BCUT2D eigenvalue weighted by Crippen LogP contribution is -2.13. The van der Waals surface area contributed by atoms with Crippen LogP contribution in [-0.2, 0) is 4.79 Å². The van der Waals surface area contributed by atoms with Crippen molar-refractivity contribution in [1.82, 2.24) is 0 Å². The third-order valence-corrected chi connectivity index (χ3v) is 3.59. The molecule has 0 unspecified atom stereocenters. The van der Waals surface area contributed by atoms with Crippen LogP contribution in [0.4, 0.5) is 5.69 Å². The Hall–Kier alpha value is -3.26. The molecule has 0 aliphatic rings. The van der Waals surface area contributed by atoms with Gasteiger partial charge in [0.05, 0.1) is 6.10 Å². The van der Waals surface area contributed by atoms with Gasteiger partial charge in [-0.05, 0) is 61.4 Å². The van der Waals surface area contributed by atoms with Gasteiger partial charge in [-0.1, -0.05) is 19.1 Å². The van der Waals surface area contributed by atoms with Crippen molar-refractivity contribution in [2.45, 2.75) is 26.4 Å². The van der Waals surface area contributed by atoms with Gasteiger partial charge in [0.2, 0.25) is 0 Å². The standard InChI is InChI=1S/C20H20N2O3/c1-3-14(2)25-19-10-4-15(5-11-19)12-16(13-21)20(24)22-17-6-8-18(23)9-7-17/h4-12,14,23H,3H2,1-2H3,(H,22,24)/b16-12-/t14-/m0/s1. The van der Waals surface area contributed by atoms with E-state index in [1.54, 1.807) is 24.3 Å². The highest BCUT2D eigenvalue weighted by molar-refractivity contribution is 6.09. The summed E-state index contributed by atoms with van der Waals surface area (Å²) in [5.41, 5.74) is 1.22. The molecule has 25 heavy (non-hydrogen) atoms. The first-order valence-corrected chi connectivity index (χ1v) is 8.00. The van der Waals surface area contributed by atoms with Crippen LogP contribution in [0.15, 0.2) is 54.1 Å². The Morgan fingerprint density at radius 1 is 1.24 bits per heavy atom. The van der Waals surface area contributed by atoms with Crippen molar-refractivity contribution in [3.05, 3.63) is 59.7 Å². The minimum Gasteiger partial charge on any atom is -0.508 e. The van der Waals surface area contributed by atoms with Crippen LogP contribution in [0, 0.1) is 11.3 Å². The summed E-state index contributed by atoms with van der Waals surface area (Å²) >= 11 is 0. The molecule has 1 amide bonds. The second-order valence-electron chi connectivity index (χ2n) is 5.58. The second-order valence-corrected chi connectivity index (χ2v) is 5.58. The Morgan fingerprint density at radius 3 is 2.44 bits per heavy atom. The zero-order valence-corrected chi connectivity index (χ0v) is 14.2. The fourth-order valence-corrected chi connectivity index (χ4v) is 2.02. The van der Waals surface area contributed by atoms with Crippen LogP contribution in [0.5, 0.6) is 11.5 Å². The summed E-state index contributed by atoms with van der Waals surface area (Å²) in [5, 5.41) is 21.1. The highest BCUT2D eigenvalue weighted by atomic mass is 16.5. The van der Waals surface area contributed by atoms with Gasteiger partial charge in [-0.15, -0.1) is 0 Å². The van der Waals surface area contributed by atoms with E-state index in [0.717, 1.165) is 17.7 Å². The normalized spacial score (nSPS) is 12.1. The molecule has 1 atom stereocenters. The average Bonchev–Trinajstić information content (AvgIpc) is 2.62. The van der Waals surface area contributed by atoms with Gasteiger partial charge >= 0.3 is 0 Å². The smallest absolute Gasteiger partial charge is 0.266 e. The Kier molecular flexibility index (Phi) is 6.19. The van der Waals surface area contributed by atoms with E-state index in [2.05, 4.69) is 5.32 Å². The summed E-state index contributed by atoms with van der Waals surface area (Å²) in [6.07, 6.45) is 2.56. The topological polar surface area (TPSA) is 82.3 Å². The highest BCUT2D eigenvalue weighted by Gasteiger charge is 2.10. The fraction of sp³-hybridized carbons (Fsp3) is 0.200. The molecule has 2 N–H and O–H groups in total. The van der Waals surface area contributed by atoms with E-state index < -0.39 is 5.91 Å². The van der Waals surface area contributed by atoms with E-state index in [9.17, 15) is 15.2 Å². The lowest BCUT2D eigenvalue weighted by molar-refractivity contribution is -0.112. The van der Waals surface area contributed by atoms with Crippen molar-refractivity contribution in [2.24, 2.45) is 0 Å². The summed E-state index contributed by atoms with van der Waals surface area (Å²) in [7, 11) is 0. The van der Waals surface area contributed by atoms with E-state index in [1.165, 1.54) is 18.2 Å². The Balaban J connectivity index is 2.09. The summed E-state index contributed by atoms with van der Waals surface area (Å²) < 4.78 is 5.70. The number of aromatic hydroxyl groups is 1. The molecule has 5 heteroatoms. The molecular formula is C20H20N2O3. The van der Waals surface area contributed by atoms with Crippen molar-refractivity contribution in [1.29, 1.82) is 5.26 Å². The Labute approximate surface area is 147 Å². The summed E-state index contributed by atoms with van der Waals surface area (Å²) in [4.78, 5) is 12.2. The SMILES string of the molecule is CC[C@H](C)Oc1ccc(/C=C(/C#N)C(=O)Nc2ccc(O)cc2)cc1. The predicted octanol–water partition coefficient (Wildman–Crippen LogP) is 4.12. The third kappa shape index (κ3) is 5.40. The Bertz CT molecular complexity index is 787. The molecule has 0 aromatic heterocycles. The van der Waals surface area contributed by atoms with Gasteiger partial charge in [-0.2, -0.15) is 5.26 Å². The fourth-order valence-electron chi connectivity index (χ4n) is 2.02. The first-order chi connectivity index (χ1) is 12.0. The summed E-state index contributed by atoms with van der Waals surface area (Å²) in [5.74, 6) is 0.348. The van der Waals surface area contributed by atoms with Gasteiger partial charge in [-0.3, -0.25) is 4.79 Å². The Morgan fingerprint density at radius 2 is 1.88 bits per heavy atom. The number of hydrogen-bond donors (Lipinski definition) is 2. The molecule has 0 bridgehead atoms. The number of hydrogen-bond acceptors (Lipinski definition) is 4.